The summed E-state index contributed by atoms with van der Waals surface area (Å²) in [6.45, 7) is 1.44. The zero-order chi connectivity index (χ0) is 15.5. The number of hydrogen-bond donors (Lipinski definition) is 1. The van der Waals surface area contributed by atoms with E-state index < -0.39 is 0 Å². The lowest BCUT2D eigenvalue weighted by molar-refractivity contribution is -0.133. The van der Waals surface area contributed by atoms with Gasteiger partial charge in [0.25, 0.3) is 11.8 Å². The van der Waals surface area contributed by atoms with Gasteiger partial charge in [0, 0.05) is 37.4 Å². The summed E-state index contributed by atoms with van der Waals surface area (Å²) in [7, 11) is 1.60. The highest BCUT2D eigenvalue weighted by Gasteiger charge is 2.25. The van der Waals surface area contributed by atoms with E-state index in [9.17, 15) is 9.59 Å². The smallest absolute Gasteiger partial charge is 0.260 e. The molecule has 1 fully saturated rings. The van der Waals surface area contributed by atoms with Gasteiger partial charge >= 0.3 is 0 Å². The Balaban J connectivity index is 1.77. The van der Waals surface area contributed by atoms with E-state index in [0.29, 0.717) is 37.1 Å². The third-order valence-corrected chi connectivity index (χ3v) is 3.87. The van der Waals surface area contributed by atoms with Crippen LogP contribution in [0.3, 0.4) is 0 Å². The lowest BCUT2D eigenvalue weighted by Gasteiger charge is -2.19. The van der Waals surface area contributed by atoms with Crippen molar-refractivity contribution >= 4 is 11.8 Å². The molecule has 1 aromatic carbocycles. The van der Waals surface area contributed by atoms with E-state index in [2.05, 4.69) is 5.32 Å². The number of methoxy groups -OCH3 is 1. The van der Waals surface area contributed by atoms with E-state index in [1.54, 1.807) is 24.1 Å². The van der Waals surface area contributed by atoms with Crippen LogP contribution in [0.4, 0.5) is 0 Å². The highest BCUT2D eigenvalue weighted by Crippen LogP contribution is 2.25. The summed E-state index contributed by atoms with van der Waals surface area (Å²) in [5.41, 5.74) is 1.46. The molecule has 3 rings (SSSR count). The minimum absolute atomic E-state index is 0.0182. The molecular weight excluding hydrogens is 284 g/mol. The molecule has 0 spiro atoms. The number of amides is 2. The number of benzene rings is 1. The van der Waals surface area contributed by atoms with Crippen molar-refractivity contribution in [3.05, 3.63) is 29.3 Å². The fourth-order valence-electron chi connectivity index (χ4n) is 2.41. The normalized spacial score (nSPS) is 17.5. The summed E-state index contributed by atoms with van der Waals surface area (Å²) in [5.74, 6) is 0.526. The summed E-state index contributed by atoms with van der Waals surface area (Å²) in [6.07, 6.45) is 2.11. The van der Waals surface area contributed by atoms with E-state index in [1.165, 1.54) is 0 Å². The van der Waals surface area contributed by atoms with E-state index in [-0.39, 0.29) is 18.4 Å². The number of rotatable bonds is 5. The molecule has 0 aromatic heterocycles. The van der Waals surface area contributed by atoms with Gasteiger partial charge in [-0.1, -0.05) is 0 Å². The number of carbonyl (C=O) groups is 2. The first kappa shape index (κ1) is 14.8. The molecule has 1 aliphatic carbocycles. The van der Waals surface area contributed by atoms with Crippen molar-refractivity contribution in [1.82, 2.24) is 10.2 Å². The second-order valence-corrected chi connectivity index (χ2v) is 5.67. The third kappa shape index (κ3) is 3.39. The second-order valence-electron chi connectivity index (χ2n) is 5.67. The molecule has 1 saturated carbocycles. The molecule has 1 N–H and O–H groups in total. The Hall–Kier alpha value is -2.08. The summed E-state index contributed by atoms with van der Waals surface area (Å²) in [5, 5.41) is 2.97. The van der Waals surface area contributed by atoms with E-state index >= 15 is 0 Å². The lowest BCUT2D eigenvalue weighted by atomic mass is 10.1. The Kier molecular flexibility index (Phi) is 4.29. The number of nitrogens with one attached hydrogen (secondary N) is 1. The molecule has 6 heteroatoms. The molecule has 22 heavy (non-hydrogen) atoms. The van der Waals surface area contributed by atoms with Gasteiger partial charge in [0.05, 0.1) is 6.61 Å². The van der Waals surface area contributed by atoms with Crippen LogP contribution in [-0.2, 0) is 16.1 Å². The van der Waals surface area contributed by atoms with Gasteiger partial charge in [0.1, 0.15) is 5.75 Å². The van der Waals surface area contributed by atoms with Gasteiger partial charge in [0.2, 0.25) is 0 Å². The van der Waals surface area contributed by atoms with Crippen LogP contribution in [0.1, 0.15) is 28.8 Å². The number of fused-ring (bicyclic) bond motifs is 1. The Morgan fingerprint density at radius 3 is 3.00 bits per heavy atom. The van der Waals surface area contributed by atoms with E-state index in [0.717, 1.165) is 18.4 Å². The minimum atomic E-state index is -0.0720. The van der Waals surface area contributed by atoms with E-state index in [4.69, 9.17) is 9.47 Å². The van der Waals surface area contributed by atoms with Crippen LogP contribution in [0.25, 0.3) is 0 Å². The highest BCUT2D eigenvalue weighted by atomic mass is 16.5. The van der Waals surface area contributed by atoms with Crippen molar-refractivity contribution in [2.24, 2.45) is 0 Å². The van der Waals surface area contributed by atoms with Crippen molar-refractivity contribution < 1.29 is 19.1 Å². The summed E-state index contributed by atoms with van der Waals surface area (Å²) < 4.78 is 10.6. The Morgan fingerprint density at radius 2 is 2.27 bits per heavy atom. The van der Waals surface area contributed by atoms with Crippen LogP contribution < -0.4 is 10.1 Å². The number of nitrogens with zero attached hydrogens (tertiary/aromatic N) is 1. The van der Waals surface area contributed by atoms with Crippen LogP contribution in [-0.4, -0.2) is 49.6 Å². The Labute approximate surface area is 129 Å². The summed E-state index contributed by atoms with van der Waals surface area (Å²) in [6, 6.07) is 5.64. The average molecular weight is 304 g/mol. The van der Waals surface area contributed by atoms with Crippen LogP contribution in [0.2, 0.25) is 0 Å². The third-order valence-electron chi connectivity index (χ3n) is 3.87. The lowest BCUT2D eigenvalue weighted by Crippen LogP contribution is -2.34. The Morgan fingerprint density at radius 1 is 1.45 bits per heavy atom. The van der Waals surface area contributed by atoms with Crippen LogP contribution >= 0.6 is 0 Å². The first-order valence-electron chi connectivity index (χ1n) is 7.50. The molecule has 0 unspecified atom stereocenters. The zero-order valence-electron chi connectivity index (χ0n) is 12.6. The monoisotopic (exact) mass is 304 g/mol. The van der Waals surface area contributed by atoms with Crippen LogP contribution in [0.5, 0.6) is 5.75 Å². The van der Waals surface area contributed by atoms with Gasteiger partial charge in [0.15, 0.2) is 6.61 Å². The summed E-state index contributed by atoms with van der Waals surface area (Å²) in [4.78, 5) is 25.9. The number of hydrogen-bond acceptors (Lipinski definition) is 4. The zero-order valence-corrected chi connectivity index (χ0v) is 12.6. The fraction of sp³-hybridized carbons (Fsp3) is 0.500. The molecule has 118 valence electrons. The molecule has 0 bridgehead atoms. The maximum absolute atomic E-state index is 12.1. The highest BCUT2D eigenvalue weighted by molar-refractivity contribution is 5.95. The standard InChI is InChI=1S/C16H20N2O4/c1-21-7-6-18-9-12-8-11(16(20)17-13-3-4-13)2-5-14(12)22-10-15(18)19/h2,5,8,13H,3-4,6-7,9-10H2,1H3,(H,17,20). The predicted molar refractivity (Wildman–Crippen MR) is 79.7 cm³/mol. The molecule has 1 aromatic rings. The van der Waals surface area contributed by atoms with Crippen molar-refractivity contribution in [3.63, 3.8) is 0 Å². The quantitative estimate of drug-likeness (QED) is 0.879. The predicted octanol–water partition coefficient (Wildman–Crippen LogP) is 0.946. The van der Waals surface area contributed by atoms with Crippen molar-refractivity contribution in [2.75, 3.05) is 26.9 Å². The van der Waals surface area contributed by atoms with E-state index in [1.807, 2.05) is 6.07 Å². The Bertz CT molecular complexity index is 584. The molecule has 0 atom stereocenters. The molecule has 2 amide bonds. The SMILES string of the molecule is COCCN1Cc2cc(C(=O)NC3CC3)ccc2OCC1=O. The van der Waals surface area contributed by atoms with Gasteiger partial charge in [-0.25, -0.2) is 0 Å². The summed E-state index contributed by atoms with van der Waals surface area (Å²) >= 11 is 0. The number of carbonyl (C=O) groups excluding carboxylic acids is 2. The molecular formula is C16H20N2O4. The van der Waals surface area contributed by atoms with Crippen molar-refractivity contribution in [3.8, 4) is 5.75 Å². The van der Waals surface area contributed by atoms with Gasteiger partial charge in [-0.05, 0) is 31.0 Å². The average Bonchev–Trinajstić information content (AvgIpc) is 3.33. The molecule has 0 saturated heterocycles. The van der Waals surface area contributed by atoms with Gasteiger partial charge in [-0.2, -0.15) is 0 Å². The second kappa shape index (κ2) is 6.36. The van der Waals surface area contributed by atoms with Gasteiger partial charge in [-0.3, -0.25) is 9.59 Å². The van der Waals surface area contributed by atoms with Crippen molar-refractivity contribution in [1.29, 1.82) is 0 Å². The van der Waals surface area contributed by atoms with Gasteiger partial charge in [-0.15, -0.1) is 0 Å². The first-order valence-corrected chi connectivity index (χ1v) is 7.50. The molecule has 1 heterocycles. The van der Waals surface area contributed by atoms with Crippen LogP contribution in [0, 0.1) is 0 Å². The molecule has 2 aliphatic rings. The molecule has 6 nitrogen and oxygen atoms in total. The van der Waals surface area contributed by atoms with Crippen LogP contribution in [0.15, 0.2) is 18.2 Å². The largest absolute Gasteiger partial charge is 0.483 e. The number of ether oxygens (including phenoxy) is 2. The fourth-order valence-corrected chi connectivity index (χ4v) is 2.41. The maximum atomic E-state index is 12.1. The van der Waals surface area contributed by atoms with Crippen molar-refractivity contribution in [2.45, 2.75) is 25.4 Å². The minimum Gasteiger partial charge on any atom is -0.483 e. The first-order chi connectivity index (χ1) is 10.7. The topological polar surface area (TPSA) is 67.9 Å². The molecule has 1 aliphatic heterocycles. The van der Waals surface area contributed by atoms with Gasteiger partial charge < -0.3 is 19.7 Å². The molecule has 0 radical (unpaired) electrons. The maximum Gasteiger partial charge on any atom is 0.260 e.